The SMILES string of the molecule is CC(N)c1cccc(S(=O)(=O)NC2CCC(C)C(C)C2)c1. The standard InChI is InChI=1S/C16H26N2O2S/c1-11-7-8-15(9-12(11)2)18-21(19,20)16-6-4-5-14(10-16)13(3)17/h4-6,10-13,15,18H,7-9,17H2,1-3H3. The highest BCUT2D eigenvalue weighted by molar-refractivity contribution is 7.89. The molecule has 1 aliphatic rings. The van der Waals surface area contributed by atoms with Crippen LogP contribution < -0.4 is 10.5 Å². The third kappa shape index (κ3) is 4.05. The van der Waals surface area contributed by atoms with Gasteiger partial charge in [-0.3, -0.25) is 0 Å². The molecule has 0 bridgehead atoms. The monoisotopic (exact) mass is 310 g/mol. The van der Waals surface area contributed by atoms with Gasteiger partial charge in [0.1, 0.15) is 0 Å². The Morgan fingerprint density at radius 1 is 1.24 bits per heavy atom. The molecular weight excluding hydrogens is 284 g/mol. The molecule has 1 fully saturated rings. The van der Waals surface area contributed by atoms with E-state index in [9.17, 15) is 8.42 Å². The first-order valence-electron chi connectivity index (χ1n) is 7.67. The summed E-state index contributed by atoms with van der Waals surface area (Å²) in [4.78, 5) is 0.309. The molecule has 1 saturated carbocycles. The Balaban J connectivity index is 2.13. The Morgan fingerprint density at radius 2 is 1.95 bits per heavy atom. The Bertz CT molecular complexity index is 584. The highest BCUT2D eigenvalue weighted by Crippen LogP contribution is 2.30. The number of benzene rings is 1. The Labute approximate surface area is 128 Å². The first kappa shape index (κ1) is 16.5. The molecule has 4 nitrogen and oxygen atoms in total. The summed E-state index contributed by atoms with van der Waals surface area (Å²) >= 11 is 0. The quantitative estimate of drug-likeness (QED) is 0.898. The topological polar surface area (TPSA) is 72.2 Å². The molecule has 4 unspecified atom stereocenters. The number of hydrogen-bond acceptors (Lipinski definition) is 3. The van der Waals surface area contributed by atoms with Crippen LogP contribution in [0.1, 0.15) is 51.6 Å². The lowest BCUT2D eigenvalue weighted by molar-refractivity contribution is 0.242. The molecule has 3 N–H and O–H groups in total. The van der Waals surface area contributed by atoms with Gasteiger partial charge in [0.05, 0.1) is 4.90 Å². The van der Waals surface area contributed by atoms with Crippen LogP contribution in [-0.4, -0.2) is 14.5 Å². The van der Waals surface area contributed by atoms with Gasteiger partial charge >= 0.3 is 0 Å². The number of nitrogens with two attached hydrogens (primary N) is 1. The lowest BCUT2D eigenvalue weighted by atomic mass is 9.79. The van der Waals surface area contributed by atoms with Gasteiger partial charge in [0.25, 0.3) is 0 Å². The molecule has 4 atom stereocenters. The first-order valence-corrected chi connectivity index (χ1v) is 9.16. The summed E-state index contributed by atoms with van der Waals surface area (Å²) in [6.07, 6.45) is 2.90. The van der Waals surface area contributed by atoms with E-state index >= 15 is 0 Å². The van der Waals surface area contributed by atoms with Crippen molar-refractivity contribution in [1.29, 1.82) is 0 Å². The van der Waals surface area contributed by atoms with Crippen LogP contribution in [0, 0.1) is 11.8 Å². The zero-order valence-electron chi connectivity index (χ0n) is 13.0. The Kier molecular flexibility index (Phi) is 5.07. The molecule has 0 amide bonds. The third-order valence-electron chi connectivity index (χ3n) is 4.61. The van der Waals surface area contributed by atoms with Crippen molar-refractivity contribution in [1.82, 2.24) is 4.72 Å². The average molecular weight is 310 g/mol. The minimum absolute atomic E-state index is 0.0418. The summed E-state index contributed by atoms with van der Waals surface area (Å²) in [5.74, 6) is 1.23. The van der Waals surface area contributed by atoms with Crippen LogP contribution in [0.15, 0.2) is 29.2 Å². The second-order valence-corrected chi connectivity index (χ2v) is 8.16. The zero-order valence-corrected chi connectivity index (χ0v) is 13.9. The van der Waals surface area contributed by atoms with Crippen molar-refractivity contribution in [2.24, 2.45) is 17.6 Å². The molecule has 1 aromatic carbocycles. The highest BCUT2D eigenvalue weighted by atomic mass is 32.2. The molecular formula is C16H26N2O2S. The van der Waals surface area contributed by atoms with Gasteiger partial charge in [-0.05, 0) is 55.7 Å². The Morgan fingerprint density at radius 3 is 2.57 bits per heavy atom. The average Bonchev–Trinajstić information content (AvgIpc) is 2.43. The molecule has 1 aliphatic carbocycles. The first-order chi connectivity index (χ1) is 9.79. The van der Waals surface area contributed by atoms with Crippen LogP contribution in [0.3, 0.4) is 0 Å². The molecule has 0 aromatic heterocycles. The summed E-state index contributed by atoms with van der Waals surface area (Å²) in [5.41, 5.74) is 6.66. The molecule has 118 valence electrons. The fraction of sp³-hybridized carbons (Fsp3) is 0.625. The van der Waals surface area contributed by atoms with Crippen molar-refractivity contribution in [2.45, 2.75) is 57.0 Å². The number of hydrogen-bond donors (Lipinski definition) is 2. The van der Waals surface area contributed by atoms with Gasteiger partial charge in [0.2, 0.25) is 10.0 Å². The summed E-state index contributed by atoms with van der Waals surface area (Å²) in [7, 11) is -3.46. The number of sulfonamides is 1. The number of rotatable bonds is 4. The van der Waals surface area contributed by atoms with Crippen molar-refractivity contribution in [3.8, 4) is 0 Å². The predicted molar refractivity (Wildman–Crippen MR) is 85.3 cm³/mol. The summed E-state index contributed by atoms with van der Waals surface area (Å²) in [5, 5.41) is 0. The molecule has 0 saturated heterocycles. The summed E-state index contributed by atoms with van der Waals surface area (Å²) < 4.78 is 27.9. The van der Waals surface area contributed by atoms with E-state index in [0.717, 1.165) is 24.8 Å². The fourth-order valence-corrected chi connectivity index (χ4v) is 4.24. The van der Waals surface area contributed by atoms with Gasteiger partial charge in [0.15, 0.2) is 0 Å². The predicted octanol–water partition coefficient (Wildman–Crippen LogP) is 2.81. The van der Waals surface area contributed by atoms with E-state index in [1.54, 1.807) is 18.2 Å². The van der Waals surface area contributed by atoms with Gasteiger partial charge in [-0.25, -0.2) is 13.1 Å². The normalized spacial score (nSPS) is 28.3. The summed E-state index contributed by atoms with van der Waals surface area (Å²) in [6, 6.07) is 6.77. The van der Waals surface area contributed by atoms with Crippen molar-refractivity contribution in [2.75, 3.05) is 0 Å². The molecule has 5 heteroatoms. The van der Waals surface area contributed by atoms with E-state index < -0.39 is 10.0 Å². The summed E-state index contributed by atoms with van der Waals surface area (Å²) in [6.45, 7) is 6.28. The lowest BCUT2D eigenvalue weighted by Gasteiger charge is -2.32. The van der Waals surface area contributed by atoms with Gasteiger partial charge in [-0.15, -0.1) is 0 Å². The zero-order chi connectivity index (χ0) is 15.6. The van der Waals surface area contributed by atoms with E-state index in [4.69, 9.17) is 5.73 Å². The van der Waals surface area contributed by atoms with Crippen molar-refractivity contribution < 1.29 is 8.42 Å². The highest BCUT2D eigenvalue weighted by Gasteiger charge is 2.28. The van der Waals surface area contributed by atoms with E-state index in [0.29, 0.717) is 16.7 Å². The Hall–Kier alpha value is -0.910. The van der Waals surface area contributed by atoms with Gasteiger partial charge in [0, 0.05) is 12.1 Å². The van der Waals surface area contributed by atoms with Gasteiger partial charge in [-0.2, -0.15) is 0 Å². The maximum absolute atomic E-state index is 12.5. The second-order valence-electron chi connectivity index (χ2n) is 6.45. The van der Waals surface area contributed by atoms with Crippen LogP contribution in [-0.2, 0) is 10.0 Å². The smallest absolute Gasteiger partial charge is 0.240 e. The van der Waals surface area contributed by atoms with E-state index in [2.05, 4.69) is 18.6 Å². The molecule has 0 spiro atoms. The fourth-order valence-electron chi connectivity index (χ4n) is 2.91. The number of nitrogens with one attached hydrogen (secondary N) is 1. The maximum atomic E-state index is 12.5. The van der Waals surface area contributed by atoms with Crippen molar-refractivity contribution >= 4 is 10.0 Å². The largest absolute Gasteiger partial charge is 0.324 e. The van der Waals surface area contributed by atoms with Crippen molar-refractivity contribution in [3.63, 3.8) is 0 Å². The van der Waals surface area contributed by atoms with Crippen LogP contribution in [0.2, 0.25) is 0 Å². The minimum Gasteiger partial charge on any atom is -0.324 e. The molecule has 21 heavy (non-hydrogen) atoms. The van der Waals surface area contributed by atoms with Crippen LogP contribution in [0.4, 0.5) is 0 Å². The van der Waals surface area contributed by atoms with Gasteiger partial charge in [-0.1, -0.05) is 26.0 Å². The molecule has 0 aliphatic heterocycles. The van der Waals surface area contributed by atoms with Crippen LogP contribution in [0.25, 0.3) is 0 Å². The molecule has 0 heterocycles. The van der Waals surface area contributed by atoms with Gasteiger partial charge < -0.3 is 5.73 Å². The van der Waals surface area contributed by atoms with Crippen molar-refractivity contribution in [3.05, 3.63) is 29.8 Å². The molecule has 0 radical (unpaired) electrons. The van der Waals surface area contributed by atoms with Crippen LogP contribution in [0.5, 0.6) is 0 Å². The molecule has 2 rings (SSSR count). The van der Waals surface area contributed by atoms with E-state index in [1.165, 1.54) is 0 Å². The third-order valence-corrected chi connectivity index (χ3v) is 6.13. The second kappa shape index (κ2) is 6.46. The maximum Gasteiger partial charge on any atom is 0.240 e. The molecule has 1 aromatic rings. The van der Waals surface area contributed by atoms with E-state index in [-0.39, 0.29) is 12.1 Å². The lowest BCUT2D eigenvalue weighted by Crippen LogP contribution is -2.39. The van der Waals surface area contributed by atoms with Crippen LogP contribution >= 0.6 is 0 Å². The minimum atomic E-state index is -3.46. The van der Waals surface area contributed by atoms with E-state index in [1.807, 2.05) is 13.0 Å².